The van der Waals surface area contributed by atoms with Crippen LogP contribution in [0.15, 0.2) is 30.5 Å². The molecule has 0 radical (unpaired) electrons. The van der Waals surface area contributed by atoms with E-state index in [4.69, 9.17) is 16.3 Å². The lowest BCUT2D eigenvalue weighted by Gasteiger charge is -2.17. The summed E-state index contributed by atoms with van der Waals surface area (Å²) in [7, 11) is 3.59. The zero-order valence-corrected chi connectivity index (χ0v) is 12.1. The van der Waals surface area contributed by atoms with Crippen LogP contribution in [-0.4, -0.2) is 16.7 Å². The van der Waals surface area contributed by atoms with E-state index in [1.165, 1.54) is 0 Å². The van der Waals surface area contributed by atoms with E-state index in [-0.39, 0.29) is 6.04 Å². The Balaban J connectivity index is 2.05. The number of rotatable bonds is 5. The summed E-state index contributed by atoms with van der Waals surface area (Å²) in [5, 5.41) is 4.06. The van der Waals surface area contributed by atoms with E-state index in [0.29, 0.717) is 11.7 Å². The predicted molar refractivity (Wildman–Crippen MR) is 76.5 cm³/mol. The number of benzene rings is 1. The van der Waals surface area contributed by atoms with Crippen molar-refractivity contribution in [3.8, 4) is 5.75 Å². The number of hydrogen-bond donors (Lipinski definition) is 1. The zero-order chi connectivity index (χ0) is 13.8. The molecule has 4 nitrogen and oxygen atoms in total. The van der Waals surface area contributed by atoms with E-state index in [0.717, 1.165) is 17.1 Å². The van der Waals surface area contributed by atoms with Gasteiger partial charge in [0.25, 0.3) is 0 Å². The molecule has 0 fully saturated rings. The van der Waals surface area contributed by atoms with Crippen LogP contribution < -0.4 is 10.1 Å². The SMILES string of the molecule is COc1ccccc1[C@H](C)NCc1ncc(Cl)n1C. The van der Waals surface area contributed by atoms with Crippen LogP contribution in [0.5, 0.6) is 5.75 Å². The average molecular weight is 280 g/mol. The minimum Gasteiger partial charge on any atom is -0.496 e. The fourth-order valence-electron chi connectivity index (χ4n) is 1.97. The molecular formula is C14H18ClN3O. The first kappa shape index (κ1) is 13.9. The van der Waals surface area contributed by atoms with E-state index in [1.807, 2.05) is 29.8 Å². The topological polar surface area (TPSA) is 39.1 Å². The Hall–Kier alpha value is -1.52. The fourth-order valence-corrected chi connectivity index (χ4v) is 2.11. The van der Waals surface area contributed by atoms with Gasteiger partial charge in [-0.1, -0.05) is 29.8 Å². The van der Waals surface area contributed by atoms with E-state index < -0.39 is 0 Å². The summed E-state index contributed by atoms with van der Waals surface area (Å²) in [6.45, 7) is 2.75. The second kappa shape index (κ2) is 6.08. The first-order chi connectivity index (χ1) is 9.13. The molecule has 0 aliphatic carbocycles. The Kier molecular flexibility index (Phi) is 4.45. The maximum absolute atomic E-state index is 5.96. The molecule has 1 N–H and O–H groups in total. The third-order valence-electron chi connectivity index (χ3n) is 3.20. The van der Waals surface area contributed by atoms with Gasteiger partial charge < -0.3 is 14.6 Å². The van der Waals surface area contributed by atoms with Gasteiger partial charge in [0, 0.05) is 18.7 Å². The monoisotopic (exact) mass is 279 g/mol. The second-order valence-electron chi connectivity index (χ2n) is 4.40. The normalized spacial score (nSPS) is 12.4. The highest BCUT2D eigenvalue weighted by Crippen LogP contribution is 2.24. The lowest BCUT2D eigenvalue weighted by atomic mass is 10.1. The zero-order valence-electron chi connectivity index (χ0n) is 11.4. The molecular weight excluding hydrogens is 262 g/mol. The molecule has 0 saturated heterocycles. The van der Waals surface area contributed by atoms with Crippen molar-refractivity contribution in [3.63, 3.8) is 0 Å². The molecule has 1 aromatic carbocycles. The van der Waals surface area contributed by atoms with Gasteiger partial charge in [0.15, 0.2) is 0 Å². The number of nitrogens with zero attached hydrogens (tertiary/aromatic N) is 2. The Morgan fingerprint density at radius 2 is 2.16 bits per heavy atom. The predicted octanol–water partition coefficient (Wildman–Crippen LogP) is 2.93. The molecule has 0 aliphatic heterocycles. The molecule has 0 spiro atoms. The number of methoxy groups -OCH3 is 1. The lowest BCUT2D eigenvalue weighted by molar-refractivity contribution is 0.401. The van der Waals surface area contributed by atoms with Crippen LogP contribution in [0.2, 0.25) is 5.15 Å². The first-order valence-electron chi connectivity index (χ1n) is 6.16. The quantitative estimate of drug-likeness (QED) is 0.915. The van der Waals surface area contributed by atoms with Crippen molar-refractivity contribution >= 4 is 11.6 Å². The van der Waals surface area contributed by atoms with E-state index in [1.54, 1.807) is 13.3 Å². The van der Waals surface area contributed by atoms with E-state index in [2.05, 4.69) is 23.3 Å². The van der Waals surface area contributed by atoms with Gasteiger partial charge in [0.05, 0.1) is 19.9 Å². The summed E-state index contributed by atoms with van der Waals surface area (Å²) < 4.78 is 7.23. The van der Waals surface area contributed by atoms with Crippen molar-refractivity contribution < 1.29 is 4.74 Å². The largest absolute Gasteiger partial charge is 0.496 e. The van der Waals surface area contributed by atoms with E-state index >= 15 is 0 Å². The van der Waals surface area contributed by atoms with Gasteiger partial charge in [-0.05, 0) is 13.0 Å². The van der Waals surface area contributed by atoms with Gasteiger partial charge in [-0.15, -0.1) is 0 Å². The van der Waals surface area contributed by atoms with Crippen molar-refractivity contribution in [2.45, 2.75) is 19.5 Å². The van der Waals surface area contributed by atoms with Crippen molar-refractivity contribution in [2.75, 3.05) is 7.11 Å². The van der Waals surface area contributed by atoms with Crippen LogP contribution in [0.3, 0.4) is 0 Å². The first-order valence-corrected chi connectivity index (χ1v) is 6.53. The molecule has 2 aromatic rings. The molecule has 0 amide bonds. The molecule has 0 unspecified atom stereocenters. The molecule has 2 rings (SSSR count). The number of hydrogen-bond acceptors (Lipinski definition) is 3. The minimum atomic E-state index is 0.173. The molecule has 1 heterocycles. The van der Waals surface area contributed by atoms with Gasteiger partial charge in [0.1, 0.15) is 16.7 Å². The molecule has 0 saturated carbocycles. The molecule has 0 bridgehead atoms. The Morgan fingerprint density at radius 1 is 1.42 bits per heavy atom. The van der Waals surface area contributed by atoms with Gasteiger partial charge in [-0.25, -0.2) is 4.98 Å². The second-order valence-corrected chi connectivity index (χ2v) is 4.79. The molecule has 102 valence electrons. The third kappa shape index (κ3) is 3.08. The van der Waals surface area contributed by atoms with Crippen molar-refractivity contribution in [1.82, 2.24) is 14.9 Å². The Morgan fingerprint density at radius 3 is 2.79 bits per heavy atom. The Bertz CT molecular complexity index is 553. The number of imidazole rings is 1. The highest BCUT2D eigenvalue weighted by Gasteiger charge is 2.11. The molecule has 1 atom stereocenters. The molecule has 5 heteroatoms. The van der Waals surface area contributed by atoms with Crippen LogP contribution in [0.4, 0.5) is 0 Å². The number of aromatic nitrogens is 2. The summed E-state index contributed by atoms with van der Waals surface area (Å²) in [6.07, 6.45) is 1.66. The van der Waals surface area contributed by atoms with Gasteiger partial charge in [-0.3, -0.25) is 0 Å². The number of halogens is 1. The minimum absolute atomic E-state index is 0.173. The summed E-state index contributed by atoms with van der Waals surface area (Å²) >= 11 is 5.96. The molecule has 1 aromatic heterocycles. The van der Waals surface area contributed by atoms with Crippen LogP contribution in [-0.2, 0) is 13.6 Å². The van der Waals surface area contributed by atoms with Crippen LogP contribution in [0.25, 0.3) is 0 Å². The molecule has 0 aliphatic rings. The van der Waals surface area contributed by atoms with Crippen molar-refractivity contribution in [3.05, 3.63) is 47.0 Å². The van der Waals surface area contributed by atoms with Gasteiger partial charge >= 0.3 is 0 Å². The number of nitrogens with one attached hydrogen (secondary N) is 1. The number of ether oxygens (including phenoxy) is 1. The highest BCUT2D eigenvalue weighted by molar-refractivity contribution is 6.29. The van der Waals surface area contributed by atoms with Crippen molar-refractivity contribution in [1.29, 1.82) is 0 Å². The van der Waals surface area contributed by atoms with Crippen molar-refractivity contribution in [2.24, 2.45) is 7.05 Å². The van der Waals surface area contributed by atoms with Crippen LogP contribution in [0.1, 0.15) is 24.4 Å². The summed E-state index contributed by atoms with van der Waals surface area (Å²) in [6, 6.07) is 8.17. The lowest BCUT2D eigenvalue weighted by Crippen LogP contribution is -2.20. The molecule has 19 heavy (non-hydrogen) atoms. The van der Waals surface area contributed by atoms with Crippen LogP contribution >= 0.6 is 11.6 Å². The third-order valence-corrected chi connectivity index (χ3v) is 3.55. The standard InChI is InChI=1S/C14H18ClN3O/c1-10(11-6-4-5-7-12(11)19-3)16-9-14-17-8-13(15)18(14)2/h4-8,10,16H,9H2,1-3H3/t10-/m0/s1. The maximum Gasteiger partial charge on any atom is 0.128 e. The summed E-state index contributed by atoms with van der Waals surface area (Å²) in [5.74, 6) is 1.80. The fraction of sp³-hybridized carbons (Fsp3) is 0.357. The Labute approximate surface area is 118 Å². The highest BCUT2D eigenvalue weighted by atomic mass is 35.5. The van der Waals surface area contributed by atoms with Gasteiger partial charge in [-0.2, -0.15) is 0 Å². The van der Waals surface area contributed by atoms with E-state index in [9.17, 15) is 0 Å². The smallest absolute Gasteiger partial charge is 0.128 e. The summed E-state index contributed by atoms with van der Waals surface area (Å²) in [5.41, 5.74) is 1.13. The maximum atomic E-state index is 5.96. The summed E-state index contributed by atoms with van der Waals surface area (Å²) in [4.78, 5) is 4.26. The van der Waals surface area contributed by atoms with Crippen LogP contribution in [0, 0.1) is 0 Å². The number of para-hydroxylation sites is 1. The van der Waals surface area contributed by atoms with Gasteiger partial charge in [0.2, 0.25) is 0 Å². The average Bonchev–Trinajstić information content (AvgIpc) is 2.76.